The van der Waals surface area contributed by atoms with Gasteiger partial charge in [0.2, 0.25) is 26.0 Å². The maximum Gasteiger partial charge on any atom is 0.490 e. The largest absolute Gasteiger partial charge is 0.490 e. The smallest absolute Gasteiger partial charge is 0.475 e. The summed E-state index contributed by atoms with van der Waals surface area (Å²) in [4.78, 5) is 27.7. The number of nitrogens with one attached hydrogen (secondary N) is 3. The second-order valence-electron chi connectivity index (χ2n) is 12.3. The number of imidazole rings is 1. The summed E-state index contributed by atoms with van der Waals surface area (Å²) >= 11 is 0. The number of nitrogens with zero attached hydrogens (tertiary/aromatic N) is 1. The Morgan fingerprint density at radius 2 is 1.59 bits per heavy atom. The Morgan fingerprint density at radius 3 is 2.17 bits per heavy atom. The quantitative estimate of drug-likeness (QED) is 0.126. The fourth-order valence-electron chi connectivity index (χ4n) is 5.72. The van der Waals surface area contributed by atoms with E-state index in [1.165, 1.54) is 6.07 Å². The van der Waals surface area contributed by atoms with Gasteiger partial charge in [-0.2, -0.15) is 26.3 Å². The highest BCUT2D eigenvalue weighted by atomic mass is 32.2. The molecule has 2 heterocycles. The maximum atomic E-state index is 14.4. The predicted octanol–water partition coefficient (Wildman–Crippen LogP) is 6.65. The normalized spacial score (nSPS) is 16.4. The Kier molecular flexibility index (Phi) is 11.0. The Morgan fingerprint density at radius 1 is 0.944 bits per heavy atom. The Balaban J connectivity index is 0.000000730. The van der Waals surface area contributed by atoms with Crippen LogP contribution in [0, 0.1) is 13.8 Å². The van der Waals surface area contributed by atoms with E-state index < -0.39 is 66.0 Å². The number of aromatic nitrogens is 2. The Bertz CT molecular complexity index is 2420. The van der Waals surface area contributed by atoms with Gasteiger partial charge in [-0.25, -0.2) is 31.3 Å². The standard InChI is InChI=1S/C33H29F3N4O5S2.C2HF3O2/c1-19-7-8-20(2)25(15-19)24-14-13-23(17-26(24)33(34,35)36)46(42,43)39-29(32-37-27-5-3-4-6-28(27)38-32)16-21-9-11-22(12-10-21)30-18-31(41)40-47(30,44)45;3-2(4,5)1(6)7/h3-15,17,29-30,39H,16,18H2,1-2H3,(H,37,38)(H,40,41);(H,6,7)/t29-,30?;/m0./s1. The van der Waals surface area contributed by atoms with E-state index in [0.29, 0.717) is 39.4 Å². The monoisotopic (exact) mass is 796 g/mol. The summed E-state index contributed by atoms with van der Waals surface area (Å²) < 4.78 is 132. The van der Waals surface area contributed by atoms with Crippen LogP contribution < -0.4 is 9.44 Å². The highest BCUT2D eigenvalue weighted by molar-refractivity contribution is 7.90. The van der Waals surface area contributed by atoms with Crippen LogP contribution in [0.25, 0.3) is 22.2 Å². The van der Waals surface area contributed by atoms with Gasteiger partial charge in [0.25, 0.3) is 0 Å². The first-order chi connectivity index (χ1) is 25.0. The molecule has 5 aromatic rings. The minimum absolute atomic E-state index is 0.0145. The van der Waals surface area contributed by atoms with Gasteiger partial charge >= 0.3 is 18.3 Å². The van der Waals surface area contributed by atoms with Gasteiger partial charge in [0, 0.05) is 0 Å². The summed E-state index contributed by atoms with van der Waals surface area (Å²) in [6.07, 6.45) is -10.1. The maximum absolute atomic E-state index is 14.4. The number of carbonyl (C=O) groups is 2. The summed E-state index contributed by atoms with van der Waals surface area (Å²) in [6, 6.07) is 20.4. The molecule has 1 aliphatic rings. The number of benzene rings is 4. The number of carboxylic acids is 1. The molecule has 286 valence electrons. The van der Waals surface area contributed by atoms with Gasteiger partial charge < -0.3 is 10.1 Å². The molecule has 11 nitrogen and oxygen atoms in total. The molecule has 0 radical (unpaired) electrons. The zero-order valence-corrected chi connectivity index (χ0v) is 29.7. The number of carbonyl (C=O) groups excluding carboxylic acids is 1. The lowest BCUT2D eigenvalue weighted by molar-refractivity contribution is -0.192. The summed E-state index contributed by atoms with van der Waals surface area (Å²) in [6.45, 7) is 3.45. The van der Waals surface area contributed by atoms with E-state index in [4.69, 9.17) is 9.90 Å². The second-order valence-corrected chi connectivity index (χ2v) is 15.9. The Hall–Kier alpha value is -5.27. The lowest BCUT2D eigenvalue weighted by atomic mass is 9.94. The number of hydrogen-bond acceptors (Lipinski definition) is 7. The minimum atomic E-state index is -5.08. The first-order valence-electron chi connectivity index (χ1n) is 15.7. The van der Waals surface area contributed by atoms with Crippen molar-refractivity contribution in [2.45, 2.75) is 55.2 Å². The summed E-state index contributed by atoms with van der Waals surface area (Å²) in [5.74, 6) is -3.13. The first-order valence-corrected chi connectivity index (χ1v) is 18.8. The Labute approximate surface area is 304 Å². The summed E-state index contributed by atoms with van der Waals surface area (Å²) in [5.41, 5.74) is 2.66. The molecule has 1 amide bonds. The van der Waals surface area contributed by atoms with Crippen molar-refractivity contribution in [1.82, 2.24) is 19.4 Å². The number of aliphatic carboxylic acids is 1. The van der Waals surface area contributed by atoms with Crippen LogP contribution in [0.5, 0.6) is 0 Å². The van der Waals surface area contributed by atoms with Gasteiger partial charge in [0.05, 0.1) is 34.0 Å². The molecule has 54 heavy (non-hydrogen) atoms. The average molecular weight is 797 g/mol. The number of rotatable bonds is 8. The zero-order chi connectivity index (χ0) is 39.8. The number of aromatic amines is 1. The van der Waals surface area contributed by atoms with Crippen LogP contribution >= 0.6 is 0 Å². The van der Waals surface area contributed by atoms with Crippen LogP contribution in [0.2, 0.25) is 0 Å². The molecule has 1 unspecified atom stereocenters. The fourth-order valence-corrected chi connectivity index (χ4v) is 8.38. The molecule has 0 bridgehead atoms. The van der Waals surface area contributed by atoms with E-state index in [0.717, 1.165) is 11.6 Å². The highest BCUT2D eigenvalue weighted by Crippen LogP contribution is 2.40. The van der Waals surface area contributed by atoms with E-state index in [9.17, 15) is 48.0 Å². The molecule has 1 saturated heterocycles. The molecule has 0 spiro atoms. The van der Waals surface area contributed by atoms with E-state index in [-0.39, 0.29) is 24.2 Å². The minimum Gasteiger partial charge on any atom is -0.475 e. The number of amides is 1. The number of aryl methyl sites for hydroxylation is 2. The molecule has 1 fully saturated rings. The molecule has 4 aromatic carbocycles. The number of hydrogen-bond donors (Lipinski definition) is 4. The van der Waals surface area contributed by atoms with E-state index in [1.54, 1.807) is 80.6 Å². The van der Waals surface area contributed by atoms with Crippen molar-refractivity contribution in [3.8, 4) is 11.1 Å². The van der Waals surface area contributed by atoms with Crippen molar-refractivity contribution in [1.29, 1.82) is 0 Å². The number of H-pyrrole nitrogens is 1. The molecule has 1 aliphatic heterocycles. The lowest BCUT2D eigenvalue weighted by Gasteiger charge is -2.20. The summed E-state index contributed by atoms with van der Waals surface area (Å²) in [7, 11) is -8.41. The van der Waals surface area contributed by atoms with Crippen molar-refractivity contribution >= 4 is 43.0 Å². The third-order valence-corrected chi connectivity index (χ3v) is 11.5. The molecular formula is C35H30F6N4O7S2. The number of carboxylic acid groups (broad SMARTS) is 1. The van der Waals surface area contributed by atoms with E-state index >= 15 is 0 Å². The molecule has 2 atom stereocenters. The molecular weight excluding hydrogens is 767 g/mol. The third kappa shape index (κ3) is 9.08. The molecule has 1 aromatic heterocycles. The van der Waals surface area contributed by atoms with Gasteiger partial charge in [-0.1, -0.05) is 66.2 Å². The predicted molar refractivity (Wildman–Crippen MR) is 184 cm³/mol. The van der Waals surface area contributed by atoms with E-state index in [1.807, 2.05) is 4.72 Å². The third-order valence-electron chi connectivity index (χ3n) is 8.36. The van der Waals surface area contributed by atoms with Crippen molar-refractivity contribution in [2.24, 2.45) is 0 Å². The molecule has 6 rings (SSSR count). The number of para-hydroxylation sites is 2. The van der Waals surface area contributed by atoms with Crippen molar-refractivity contribution < 1.29 is 57.9 Å². The lowest BCUT2D eigenvalue weighted by Crippen LogP contribution is -2.31. The number of sulfonamides is 2. The second kappa shape index (κ2) is 14.9. The van der Waals surface area contributed by atoms with Crippen molar-refractivity contribution in [2.75, 3.05) is 0 Å². The van der Waals surface area contributed by atoms with Crippen LogP contribution in [0.4, 0.5) is 26.3 Å². The van der Waals surface area contributed by atoms with Crippen LogP contribution in [0.3, 0.4) is 0 Å². The average Bonchev–Trinajstić information content (AvgIpc) is 3.64. The fraction of sp³-hybridized carbons (Fsp3) is 0.229. The summed E-state index contributed by atoms with van der Waals surface area (Å²) in [5, 5.41) is 6.07. The van der Waals surface area contributed by atoms with Crippen LogP contribution in [0.1, 0.15) is 51.4 Å². The molecule has 0 aliphatic carbocycles. The number of alkyl halides is 6. The van der Waals surface area contributed by atoms with Gasteiger partial charge in [0.1, 0.15) is 11.1 Å². The number of fused-ring (bicyclic) bond motifs is 1. The molecule has 19 heteroatoms. The topological polar surface area (TPSA) is 175 Å². The van der Waals surface area contributed by atoms with Crippen LogP contribution in [0.15, 0.2) is 89.8 Å². The molecule has 0 saturated carbocycles. The first kappa shape index (κ1) is 39.9. The van der Waals surface area contributed by atoms with Gasteiger partial charge in [0.15, 0.2) is 0 Å². The SMILES string of the molecule is Cc1ccc(C)c(-c2ccc(S(=O)(=O)N[C@@H](Cc3ccc(C4CC(=O)NS4(=O)=O)cc3)c3nc4ccccc4[nH]3)cc2C(F)(F)F)c1.O=C(O)C(F)(F)F. The van der Waals surface area contributed by atoms with Crippen LogP contribution in [-0.2, 0) is 42.2 Å². The van der Waals surface area contributed by atoms with Gasteiger partial charge in [-0.15, -0.1) is 0 Å². The van der Waals surface area contributed by atoms with Crippen molar-refractivity contribution in [3.05, 3.63) is 119 Å². The van der Waals surface area contributed by atoms with Crippen LogP contribution in [-0.4, -0.2) is 50.0 Å². The van der Waals surface area contributed by atoms with E-state index in [2.05, 4.69) is 14.7 Å². The highest BCUT2D eigenvalue weighted by Gasteiger charge is 2.39. The van der Waals surface area contributed by atoms with Gasteiger partial charge in [-0.3, -0.25) is 9.52 Å². The van der Waals surface area contributed by atoms with Crippen molar-refractivity contribution in [3.63, 3.8) is 0 Å². The molecule has 4 N–H and O–H groups in total. The number of halogens is 6. The van der Waals surface area contributed by atoms with Gasteiger partial charge in [-0.05, 0) is 72.4 Å². The zero-order valence-electron chi connectivity index (χ0n) is 28.1.